The Morgan fingerprint density at radius 2 is 1.57 bits per heavy atom. The molecule has 0 bridgehead atoms. The van der Waals surface area contributed by atoms with Gasteiger partial charge in [-0.05, 0) is 32.9 Å². The van der Waals surface area contributed by atoms with Crippen molar-refractivity contribution in [3.63, 3.8) is 0 Å². The first-order valence-electron chi connectivity index (χ1n) is 6.68. The van der Waals surface area contributed by atoms with E-state index in [-0.39, 0.29) is 13.2 Å². The molecule has 0 atom stereocenters. The van der Waals surface area contributed by atoms with E-state index in [0.717, 1.165) is 11.0 Å². The van der Waals surface area contributed by atoms with Gasteiger partial charge in [0, 0.05) is 0 Å². The molecular formula is C12H19O6P2S+. The van der Waals surface area contributed by atoms with E-state index in [1.165, 1.54) is 0 Å². The Labute approximate surface area is 129 Å². The van der Waals surface area contributed by atoms with Crippen LogP contribution in [0.2, 0.25) is 0 Å². The summed E-state index contributed by atoms with van der Waals surface area (Å²) in [5.41, 5.74) is 0. The molecular weight excluding hydrogens is 334 g/mol. The van der Waals surface area contributed by atoms with Crippen LogP contribution in [0.4, 0.5) is 0 Å². The van der Waals surface area contributed by atoms with E-state index in [2.05, 4.69) is 0 Å². The molecule has 0 radical (unpaired) electrons. The fourth-order valence-electron chi connectivity index (χ4n) is 1.65. The monoisotopic (exact) mass is 353 g/mol. The van der Waals surface area contributed by atoms with Crippen LogP contribution < -0.4 is 9.05 Å². The summed E-state index contributed by atoms with van der Waals surface area (Å²) in [7, 11) is -2.91. The molecule has 1 heterocycles. The highest BCUT2D eigenvalue weighted by molar-refractivity contribution is 8.86. The molecule has 1 aromatic carbocycles. The second kappa shape index (κ2) is 7.32. The lowest BCUT2D eigenvalue weighted by Crippen LogP contribution is -2.04. The van der Waals surface area contributed by atoms with E-state index in [0.29, 0.717) is 18.1 Å². The van der Waals surface area contributed by atoms with Crippen molar-refractivity contribution < 1.29 is 27.2 Å². The van der Waals surface area contributed by atoms with Gasteiger partial charge in [0.05, 0.1) is 19.8 Å². The Morgan fingerprint density at radius 3 is 2.00 bits per heavy atom. The van der Waals surface area contributed by atoms with Crippen molar-refractivity contribution in [3.8, 4) is 11.5 Å². The van der Waals surface area contributed by atoms with Gasteiger partial charge in [-0.1, -0.05) is 12.1 Å². The van der Waals surface area contributed by atoms with E-state index < -0.39 is 13.9 Å². The molecule has 0 unspecified atom stereocenters. The van der Waals surface area contributed by atoms with Gasteiger partial charge in [-0.2, -0.15) is 4.52 Å². The van der Waals surface area contributed by atoms with Gasteiger partial charge < -0.3 is 0 Å². The largest absolute Gasteiger partial charge is 0.581 e. The topological polar surface area (TPSA) is 63.2 Å². The quantitative estimate of drug-likeness (QED) is 0.603. The smallest absolute Gasteiger partial charge is 0.298 e. The van der Waals surface area contributed by atoms with E-state index in [4.69, 9.17) is 22.6 Å². The first-order valence-corrected chi connectivity index (χ1v) is 11.8. The Balaban J connectivity index is 2.22. The molecule has 0 spiro atoms. The molecule has 21 heavy (non-hydrogen) atoms. The van der Waals surface area contributed by atoms with Crippen LogP contribution in [0.15, 0.2) is 24.3 Å². The molecule has 0 N–H and O–H groups in total. The van der Waals surface area contributed by atoms with Crippen molar-refractivity contribution in [2.45, 2.75) is 20.8 Å². The van der Waals surface area contributed by atoms with Crippen LogP contribution in [0.3, 0.4) is 0 Å². The second-order valence-electron chi connectivity index (χ2n) is 3.86. The number of rotatable bonds is 8. The predicted molar refractivity (Wildman–Crippen MR) is 84.7 cm³/mol. The van der Waals surface area contributed by atoms with Gasteiger partial charge in [0.1, 0.15) is 0 Å². The van der Waals surface area contributed by atoms with Crippen LogP contribution in [0, 0.1) is 0 Å². The average Bonchev–Trinajstić information content (AvgIpc) is 2.76. The van der Waals surface area contributed by atoms with Crippen molar-refractivity contribution >= 4 is 24.9 Å². The highest BCUT2D eigenvalue weighted by atomic mass is 33.1. The van der Waals surface area contributed by atoms with Gasteiger partial charge in [-0.3, -0.25) is 18.1 Å². The molecule has 9 heteroatoms. The third-order valence-electron chi connectivity index (χ3n) is 2.33. The number of hydrogen-bond acceptors (Lipinski definition) is 7. The highest BCUT2D eigenvalue weighted by Crippen LogP contribution is 2.87. The Bertz CT molecular complexity index is 491. The molecule has 0 aliphatic carbocycles. The lowest BCUT2D eigenvalue weighted by molar-refractivity contribution is 0.236. The standard InChI is InChI=1S/C12H19O6P2S/c1-4-14-19(13,15-5-2)21-20(16-6-3)17-11-9-7-8-10-12(11)18-20/h7-10H,4-6H2,1-3H3/q+1. The molecule has 2 rings (SSSR count). The normalized spacial score (nSPS) is 16.1. The fourth-order valence-corrected chi connectivity index (χ4v) is 10.9. The van der Waals surface area contributed by atoms with Gasteiger partial charge in [-0.15, -0.1) is 0 Å². The summed E-state index contributed by atoms with van der Waals surface area (Å²) >= 11 is 0.888. The maximum Gasteiger partial charge on any atom is 0.581 e. The van der Waals surface area contributed by atoms with Crippen molar-refractivity contribution in [1.29, 1.82) is 0 Å². The molecule has 0 saturated carbocycles. The summed E-state index contributed by atoms with van der Waals surface area (Å²) in [4.78, 5) is 0. The Morgan fingerprint density at radius 1 is 1.05 bits per heavy atom. The first kappa shape index (κ1) is 17.1. The minimum atomic E-state index is -3.40. The summed E-state index contributed by atoms with van der Waals surface area (Å²) in [6, 6.07) is 7.23. The Kier molecular flexibility index (Phi) is 5.95. The fraction of sp³-hybridized carbons (Fsp3) is 0.500. The van der Waals surface area contributed by atoms with E-state index >= 15 is 0 Å². The number of fused-ring (bicyclic) bond motifs is 1. The van der Waals surface area contributed by atoms with Crippen LogP contribution in [-0.4, -0.2) is 19.8 Å². The van der Waals surface area contributed by atoms with Gasteiger partial charge >= 0.3 is 13.9 Å². The second-order valence-corrected chi connectivity index (χ2v) is 11.6. The molecule has 0 aromatic heterocycles. The number of hydrogen-bond donors (Lipinski definition) is 0. The summed E-state index contributed by atoms with van der Waals surface area (Å²) in [6.45, 7) is 2.83. The zero-order chi connectivity index (χ0) is 15.3. The maximum atomic E-state index is 12.7. The molecule has 1 aliphatic heterocycles. The van der Waals surface area contributed by atoms with Crippen LogP contribution in [0.25, 0.3) is 0 Å². The third kappa shape index (κ3) is 4.13. The molecule has 1 aliphatic rings. The van der Waals surface area contributed by atoms with Crippen molar-refractivity contribution in [2.24, 2.45) is 0 Å². The molecule has 6 nitrogen and oxygen atoms in total. The summed E-state index contributed by atoms with van der Waals surface area (Å²) < 4.78 is 40.6. The lowest BCUT2D eigenvalue weighted by Gasteiger charge is -2.18. The predicted octanol–water partition coefficient (Wildman–Crippen LogP) is 5.09. The maximum absolute atomic E-state index is 12.7. The van der Waals surface area contributed by atoms with Gasteiger partial charge in [-0.25, -0.2) is 4.57 Å². The summed E-state index contributed by atoms with van der Waals surface area (Å²) in [5, 5.41) is 0. The van der Waals surface area contributed by atoms with Gasteiger partial charge in [0.15, 0.2) is 0 Å². The summed E-state index contributed by atoms with van der Waals surface area (Å²) in [6.07, 6.45) is 0. The third-order valence-corrected chi connectivity index (χ3v) is 11.5. The van der Waals surface area contributed by atoms with Crippen LogP contribution in [0.5, 0.6) is 11.5 Å². The first-order chi connectivity index (χ1) is 10.1. The number of benzene rings is 1. The minimum absolute atomic E-state index is 0.267. The van der Waals surface area contributed by atoms with Crippen LogP contribution in [0.1, 0.15) is 20.8 Å². The van der Waals surface area contributed by atoms with E-state index in [9.17, 15) is 4.57 Å². The molecule has 0 saturated heterocycles. The summed E-state index contributed by atoms with van der Waals surface area (Å²) in [5.74, 6) is 1.15. The van der Waals surface area contributed by atoms with Crippen LogP contribution in [-0.2, 0) is 18.1 Å². The number of para-hydroxylation sites is 2. The van der Waals surface area contributed by atoms with Crippen molar-refractivity contribution in [2.75, 3.05) is 19.8 Å². The zero-order valence-electron chi connectivity index (χ0n) is 12.2. The molecule has 0 amide bonds. The van der Waals surface area contributed by atoms with Gasteiger partial charge in [0.2, 0.25) is 11.5 Å². The lowest BCUT2D eigenvalue weighted by atomic mass is 10.3. The molecule has 0 fully saturated rings. The average molecular weight is 353 g/mol. The Hall–Kier alpha value is -0.290. The molecule has 118 valence electrons. The molecule has 1 aromatic rings. The van der Waals surface area contributed by atoms with Gasteiger partial charge in [0.25, 0.3) is 11.0 Å². The minimum Gasteiger partial charge on any atom is -0.298 e. The van der Waals surface area contributed by atoms with E-state index in [1.54, 1.807) is 26.0 Å². The zero-order valence-corrected chi connectivity index (χ0v) is 14.8. The van der Waals surface area contributed by atoms with Crippen LogP contribution >= 0.6 is 24.9 Å². The van der Waals surface area contributed by atoms with E-state index in [1.807, 2.05) is 19.1 Å². The van der Waals surface area contributed by atoms with Crippen molar-refractivity contribution in [1.82, 2.24) is 0 Å². The highest BCUT2D eigenvalue weighted by Gasteiger charge is 2.63. The van der Waals surface area contributed by atoms with Crippen molar-refractivity contribution in [3.05, 3.63) is 24.3 Å². The SMILES string of the molecule is CCOP(=O)(OCC)S[P+]1(OCC)Oc2ccccc2O1.